The lowest BCUT2D eigenvalue weighted by atomic mass is 10.0. The maximum absolute atomic E-state index is 12.3. The van der Waals surface area contributed by atoms with Gasteiger partial charge in [-0.1, -0.05) is 42.0 Å². The summed E-state index contributed by atoms with van der Waals surface area (Å²) in [6.07, 6.45) is 0.705. The summed E-state index contributed by atoms with van der Waals surface area (Å²) in [6, 6.07) is 15.6. The number of nitrogens with zero attached hydrogens (tertiary/aromatic N) is 1. The molecule has 124 valence electrons. The molecule has 0 radical (unpaired) electrons. The van der Waals surface area contributed by atoms with Gasteiger partial charge < -0.3 is 10.2 Å². The Labute approximate surface area is 142 Å². The fourth-order valence-corrected chi connectivity index (χ4v) is 3.10. The highest BCUT2D eigenvalue weighted by molar-refractivity contribution is 5.96. The first-order valence-corrected chi connectivity index (χ1v) is 8.24. The minimum Gasteiger partial charge on any atom is -0.351 e. The van der Waals surface area contributed by atoms with Crippen LogP contribution >= 0.6 is 0 Å². The molecule has 0 saturated carbocycles. The number of amides is 2. The first kappa shape index (κ1) is 16.2. The summed E-state index contributed by atoms with van der Waals surface area (Å²) >= 11 is 0. The van der Waals surface area contributed by atoms with Crippen molar-refractivity contribution < 1.29 is 9.59 Å². The van der Waals surface area contributed by atoms with E-state index in [1.165, 1.54) is 0 Å². The molecular weight excluding hydrogens is 300 g/mol. The van der Waals surface area contributed by atoms with Gasteiger partial charge in [-0.3, -0.25) is 9.59 Å². The minimum absolute atomic E-state index is 0.0311. The van der Waals surface area contributed by atoms with Gasteiger partial charge in [0.1, 0.15) is 0 Å². The van der Waals surface area contributed by atoms with Gasteiger partial charge in [0.15, 0.2) is 0 Å². The average Bonchev–Trinajstić information content (AvgIpc) is 2.92. The molecule has 0 spiro atoms. The standard InChI is InChI=1S/C20H22N2O2/c1-14-8-9-15(2)16(10-14)11-19(23)21-17-12-20(24)22(13-17)18-6-4-3-5-7-18/h3-10,17H,11-13H2,1-2H3,(H,21,23). The molecule has 2 amide bonds. The predicted octanol–water partition coefficient (Wildman–Crippen LogP) is 2.77. The van der Waals surface area contributed by atoms with E-state index < -0.39 is 0 Å². The van der Waals surface area contributed by atoms with Crippen LogP contribution in [0.3, 0.4) is 0 Å². The van der Waals surface area contributed by atoms with Gasteiger partial charge in [0.2, 0.25) is 11.8 Å². The van der Waals surface area contributed by atoms with E-state index in [1.54, 1.807) is 4.90 Å². The number of carbonyl (C=O) groups excluding carboxylic acids is 2. The number of hydrogen-bond acceptors (Lipinski definition) is 2. The van der Waals surface area contributed by atoms with E-state index in [4.69, 9.17) is 0 Å². The van der Waals surface area contributed by atoms with Crippen molar-refractivity contribution in [2.24, 2.45) is 0 Å². The number of carbonyl (C=O) groups is 2. The van der Waals surface area contributed by atoms with Crippen LogP contribution in [-0.2, 0) is 16.0 Å². The van der Waals surface area contributed by atoms with Crippen LogP contribution in [0, 0.1) is 13.8 Å². The molecule has 4 nitrogen and oxygen atoms in total. The second-order valence-electron chi connectivity index (χ2n) is 6.42. The summed E-state index contributed by atoms with van der Waals surface area (Å²) in [7, 11) is 0. The molecule has 1 unspecified atom stereocenters. The van der Waals surface area contributed by atoms with Gasteiger partial charge in [0, 0.05) is 18.7 Å². The fraction of sp³-hybridized carbons (Fsp3) is 0.300. The first-order chi connectivity index (χ1) is 11.5. The number of benzene rings is 2. The Morgan fingerprint density at radius 1 is 1.17 bits per heavy atom. The largest absolute Gasteiger partial charge is 0.351 e. The maximum Gasteiger partial charge on any atom is 0.229 e. The Morgan fingerprint density at radius 3 is 2.67 bits per heavy atom. The quantitative estimate of drug-likeness (QED) is 0.941. The van der Waals surface area contributed by atoms with Crippen LogP contribution in [0.4, 0.5) is 5.69 Å². The zero-order valence-electron chi connectivity index (χ0n) is 14.1. The molecule has 1 saturated heterocycles. The van der Waals surface area contributed by atoms with Crippen LogP contribution in [-0.4, -0.2) is 24.4 Å². The van der Waals surface area contributed by atoms with Crippen LogP contribution in [0.15, 0.2) is 48.5 Å². The molecule has 3 rings (SSSR count). The summed E-state index contributed by atoms with van der Waals surface area (Å²) in [4.78, 5) is 26.3. The van der Waals surface area contributed by atoms with Crippen molar-refractivity contribution in [3.8, 4) is 0 Å². The third kappa shape index (κ3) is 3.65. The monoisotopic (exact) mass is 322 g/mol. The van der Waals surface area contributed by atoms with Crippen molar-refractivity contribution in [2.75, 3.05) is 11.4 Å². The van der Waals surface area contributed by atoms with E-state index in [0.29, 0.717) is 19.4 Å². The lowest BCUT2D eigenvalue weighted by Gasteiger charge is -2.17. The Kier molecular flexibility index (Phi) is 4.65. The molecule has 4 heteroatoms. The molecular formula is C20H22N2O2. The molecule has 2 aromatic rings. The molecule has 2 aromatic carbocycles. The van der Waals surface area contributed by atoms with Gasteiger partial charge in [0.05, 0.1) is 12.5 Å². The minimum atomic E-state index is -0.129. The van der Waals surface area contributed by atoms with Gasteiger partial charge in [0.25, 0.3) is 0 Å². The van der Waals surface area contributed by atoms with Crippen LogP contribution in [0.2, 0.25) is 0 Å². The van der Waals surface area contributed by atoms with Crippen molar-refractivity contribution in [3.63, 3.8) is 0 Å². The number of aryl methyl sites for hydroxylation is 2. The van der Waals surface area contributed by atoms with Crippen molar-refractivity contribution in [1.29, 1.82) is 0 Å². The molecule has 1 atom stereocenters. The Balaban J connectivity index is 1.61. The summed E-state index contributed by atoms with van der Waals surface area (Å²) < 4.78 is 0. The van der Waals surface area contributed by atoms with Gasteiger partial charge in [-0.2, -0.15) is 0 Å². The number of hydrogen-bond donors (Lipinski definition) is 1. The zero-order valence-corrected chi connectivity index (χ0v) is 14.1. The molecule has 0 aliphatic carbocycles. The van der Waals surface area contributed by atoms with Gasteiger partial charge >= 0.3 is 0 Å². The van der Waals surface area contributed by atoms with E-state index in [2.05, 4.69) is 5.32 Å². The van der Waals surface area contributed by atoms with Crippen LogP contribution in [0.5, 0.6) is 0 Å². The third-order valence-corrected chi connectivity index (χ3v) is 4.41. The molecule has 24 heavy (non-hydrogen) atoms. The summed E-state index contributed by atoms with van der Waals surface area (Å²) in [5.41, 5.74) is 4.18. The predicted molar refractivity (Wildman–Crippen MR) is 95.0 cm³/mol. The Morgan fingerprint density at radius 2 is 1.92 bits per heavy atom. The average molecular weight is 322 g/mol. The molecule has 0 bridgehead atoms. The summed E-state index contributed by atoms with van der Waals surface area (Å²) in [5, 5.41) is 3.00. The van der Waals surface area contributed by atoms with Crippen molar-refractivity contribution in [3.05, 3.63) is 65.2 Å². The number of anilines is 1. The maximum atomic E-state index is 12.3. The highest BCUT2D eigenvalue weighted by atomic mass is 16.2. The van der Waals surface area contributed by atoms with Crippen LogP contribution in [0.25, 0.3) is 0 Å². The number of rotatable bonds is 4. The van der Waals surface area contributed by atoms with Gasteiger partial charge in [-0.15, -0.1) is 0 Å². The van der Waals surface area contributed by atoms with E-state index >= 15 is 0 Å². The first-order valence-electron chi connectivity index (χ1n) is 8.24. The van der Waals surface area contributed by atoms with Crippen molar-refractivity contribution >= 4 is 17.5 Å². The third-order valence-electron chi connectivity index (χ3n) is 4.41. The van der Waals surface area contributed by atoms with Gasteiger partial charge in [-0.05, 0) is 37.1 Å². The normalized spacial score (nSPS) is 17.2. The second kappa shape index (κ2) is 6.87. The van der Waals surface area contributed by atoms with Crippen molar-refractivity contribution in [2.45, 2.75) is 32.7 Å². The number of para-hydroxylation sites is 1. The van der Waals surface area contributed by atoms with E-state index in [9.17, 15) is 9.59 Å². The summed E-state index contributed by atoms with van der Waals surface area (Å²) in [5.74, 6) is 0.0228. The highest BCUT2D eigenvalue weighted by Gasteiger charge is 2.31. The fourth-order valence-electron chi connectivity index (χ4n) is 3.10. The van der Waals surface area contributed by atoms with Crippen molar-refractivity contribution in [1.82, 2.24) is 5.32 Å². The Bertz CT molecular complexity index is 755. The highest BCUT2D eigenvalue weighted by Crippen LogP contribution is 2.21. The van der Waals surface area contributed by atoms with E-state index in [0.717, 1.165) is 22.4 Å². The number of nitrogens with one attached hydrogen (secondary N) is 1. The van der Waals surface area contributed by atoms with E-state index in [1.807, 2.05) is 62.4 Å². The Hall–Kier alpha value is -2.62. The molecule has 0 aromatic heterocycles. The molecule has 1 N–H and O–H groups in total. The summed E-state index contributed by atoms with van der Waals surface area (Å²) in [6.45, 7) is 4.56. The van der Waals surface area contributed by atoms with Crippen LogP contribution < -0.4 is 10.2 Å². The molecule has 1 aliphatic heterocycles. The lowest BCUT2D eigenvalue weighted by molar-refractivity contribution is -0.121. The zero-order chi connectivity index (χ0) is 17.1. The van der Waals surface area contributed by atoms with Crippen LogP contribution in [0.1, 0.15) is 23.1 Å². The smallest absolute Gasteiger partial charge is 0.229 e. The molecule has 1 fully saturated rings. The topological polar surface area (TPSA) is 49.4 Å². The van der Waals surface area contributed by atoms with Gasteiger partial charge in [-0.25, -0.2) is 0 Å². The lowest BCUT2D eigenvalue weighted by Crippen LogP contribution is -2.38. The van der Waals surface area contributed by atoms with E-state index in [-0.39, 0.29) is 17.9 Å². The SMILES string of the molecule is Cc1ccc(C)c(CC(=O)NC2CC(=O)N(c3ccccc3)C2)c1. The molecule has 1 aliphatic rings. The molecule has 1 heterocycles. The second-order valence-corrected chi connectivity index (χ2v) is 6.42.